The molecule has 1 heterocycles. The molecule has 3 N–H and O–H groups in total. The molecule has 0 aromatic rings. The van der Waals surface area contributed by atoms with Gasteiger partial charge in [-0.3, -0.25) is 0 Å². The second kappa shape index (κ2) is 2.93. The molecule has 0 aromatic heterocycles. The van der Waals surface area contributed by atoms with Crippen molar-refractivity contribution < 1.29 is 13.5 Å². The van der Waals surface area contributed by atoms with Gasteiger partial charge in [-0.15, -0.1) is 0 Å². The fourth-order valence-electron chi connectivity index (χ4n) is 2.59. The van der Waals surface area contributed by atoms with Gasteiger partial charge in [0, 0.05) is 17.9 Å². The maximum absolute atomic E-state index is 11.4. The van der Waals surface area contributed by atoms with Gasteiger partial charge >= 0.3 is 0 Å². The normalized spacial score (nSPS) is 48.8. The molecule has 1 saturated carbocycles. The highest BCUT2D eigenvalue weighted by Crippen LogP contribution is 2.35. The molecule has 0 aromatic carbocycles. The van der Waals surface area contributed by atoms with Crippen molar-refractivity contribution in [1.29, 1.82) is 0 Å². The maximum atomic E-state index is 11.4. The minimum absolute atomic E-state index is 0.0777. The molecule has 1 unspecified atom stereocenters. The summed E-state index contributed by atoms with van der Waals surface area (Å²) in [6.45, 7) is 0. The number of fused-ring (bicyclic) bond motifs is 2. The Kier molecular flexibility index (Phi) is 2.13. The van der Waals surface area contributed by atoms with E-state index in [-0.39, 0.29) is 29.4 Å². The predicted molar refractivity (Wildman–Crippen MR) is 48.9 cm³/mol. The number of hydrogen-bond acceptors (Lipinski definition) is 4. The van der Waals surface area contributed by atoms with E-state index >= 15 is 0 Å². The highest BCUT2D eigenvalue weighted by molar-refractivity contribution is 7.91. The van der Waals surface area contributed by atoms with E-state index in [0.717, 1.165) is 0 Å². The number of nitrogens with two attached hydrogens (primary N) is 1. The highest BCUT2D eigenvalue weighted by atomic mass is 32.2. The van der Waals surface area contributed by atoms with Crippen molar-refractivity contribution in [3.05, 3.63) is 0 Å². The second-order valence-corrected chi connectivity index (χ2v) is 6.47. The average Bonchev–Trinajstić information content (AvgIpc) is 1.94. The van der Waals surface area contributed by atoms with Crippen molar-refractivity contribution in [2.45, 2.75) is 25.0 Å². The van der Waals surface area contributed by atoms with E-state index in [1.165, 1.54) is 0 Å². The summed E-state index contributed by atoms with van der Waals surface area (Å²) < 4.78 is 22.7. The van der Waals surface area contributed by atoms with Gasteiger partial charge in [0.1, 0.15) is 0 Å². The molecule has 4 nitrogen and oxygen atoms in total. The third kappa shape index (κ3) is 1.73. The molecule has 13 heavy (non-hydrogen) atoms. The molecule has 2 bridgehead atoms. The molecule has 2 aliphatic rings. The van der Waals surface area contributed by atoms with Crippen LogP contribution in [-0.2, 0) is 9.84 Å². The molecule has 2 fully saturated rings. The highest BCUT2D eigenvalue weighted by Gasteiger charge is 2.43. The summed E-state index contributed by atoms with van der Waals surface area (Å²) in [5.74, 6) is 0.0106. The van der Waals surface area contributed by atoms with Gasteiger partial charge in [0.15, 0.2) is 9.84 Å². The van der Waals surface area contributed by atoms with E-state index in [1.54, 1.807) is 0 Å². The molecule has 1 saturated heterocycles. The average molecular weight is 205 g/mol. The first-order valence-electron chi connectivity index (χ1n) is 4.62. The van der Waals surface area contributed by atoms with Crippen LogP contribution in [0, 0.1) is 11.8 Å². The summed E-state index contributed by atoms with van der Waals surface area (Å²) in [6.07, 6.45) is 0.858. The standard InChI is InChI=1S/C8H15NO3S/c9-7-1-5-3-13(11,12)4-6(2-7)8(5)10/h5-8,10H,1-4,9H2/t5-,6+,7-,8?. The monoisotopic (exact) mass is 205 g/mol. The van der Waals surface area contributed by atoms with Gasteiger partial charge in [-0.1, -0.05) is 0 Å². The van der Waals surface area contributed by atoms with E-state index in [9.17, 15) is 13.5 Å². The van der Waals surface area contributed by atoms with Crippen molar-refractivity contribution >= 4 is 9.84 Å². The van der Waals surface area contributed by atoms with E-state index in [4.69, 9.17) is 5.73 Å². The fourth-order valence-corrected chi connectivity index (χ4v) is 4.70. The van der Waals surface area contributed by atoms with Crippen LogP contribution in [0.3, 0.4) is 0 Å². The Morgan fingerprint density at radius 1 is 1.15 bits per heavy atom. The van der Waals surface area contributed by atoms with Crippen LogP contribution in [0.5, 0.6) is 0 Å². The molecule has 4 atom stereocenters. The van der Waals surface area contributed by atoms with Crippen molar-refractivity contribution in [3.8, 4) is 0 Å². The van der Waals surface area contributed by atoms with E-state index in [0.29, 0.717) is 12.8 Å². The topological polar surface area (TPSA) is 80.4 Å². The lowest BCUT2D eigenvalue weighted by molar-refractivity contribution is 0.0229. The lowest BCUT2D eigenvalue weighted by Crippen LogP contribution is -2.51. The smallest absolute Gasteiger partial charge is 0.151 e. The number of sulfone groups is 1. The minimum atomic E-state index is -2.91. The van der Waals surface area contributed by atoms with Gasteiger partial charge in [0.2, 0.25) is 0 Å². The molecule has 0 amide bonds. The van der Waals surface area contributed by atoms with Gasteiger partial charge in [-0.05, 0) is 12.8 Å². The van der Waals surface area contributed by atoms with Gasteiger partial charge in [0.25, 0.3) is 0 Å². The van der Waals surface area contributed by atoms with Crippen LogP contribution in [0.4, 0.5) is 0 Å². The van der Waals surface area contributed by atoms with Crippen molar-refractivity contribution in [3.63, 3.8) is 0 Å². The quantitative estimate of drug-likeness (QED) is 0.538. The number of aliphatic hydroxyl groups excluding tert-OH is 1. The van der Waals surface area contributed by atoms with E-state index in [1.807, 2.05) is 0 Å². The minimum Gasteiger partial charge on any atom is -0.392 e. The second-order valence-electron chi connectivity index (χ2n) is 4.32. The molecule has 5 heteroatoms. The zero-order valence-electron chi connectivity index (χ0n) is 7.39. The first kappa shape index (κ1) is 9.43. The number of aliphatic hydroxyl groups is 1. The Morgan fingerprint density at radius 2 is 1.62 bits per heavy atom. The zero-order valence-corrected chi connectivity index (χ0v) is 8.20. The van der Waals surface area contributed by atoms with Crippen LogP contribution in [-0.4, -0.2) is 37.2 Å². The van der Waals surface area contributed by atoms with Gasteiger partial charge < -0.3 is 10.8 Å². The van der Waals surface area contributed by atoms with Crippen LogP contribution in [0.2, 0.25) is 0 Å². The fraction of sp³-hybridized carbons (Fsp3) is 1.00. The maximum Gasteiger partial charge on any atom is 0.151 e. The van der Waals surface area contributed by atoms with Gasteiger partial charge in [0.05, 0.1) is 17.6 Å². The van der Waals surface area contributed by atoms with Crippen LogP contribution in [0.25, 0.3) is 0 Å². The first-order chi connectivity index (χ1) is 5.98. The van der Waals surface area contributed by atoms with Crippen LogP contribution >= 0.6 is 0 Å². The Hall–Kier alpha value is -0.130. The predicted octanol–water partition coefficient (Wildman–Crippen LogP) is -0.871. The van der Waals surface area contributed by atoms with Crippen molar-refractivity contribution in [2.75, 3.05) is 11.5 Å². The summed E-state index contributed by atoms with van der Waals surface area (Å²) >= 11 is 0. The largest absolute Gasteiger partial charge is 0.392 e. The van der Waals surface area contributed by atoms with Crippen LogP contribution in [0.15, 0.2) is 0 Å². The summed E-state index contributed by atoms with van der Waals surface area (Å²) in [7, 11) is -2.91. The Labute approximate surface area is 78.0 Å². The summed E-state index contributed by atoms with van der Waals surface area (Å²) in [6, 6.07) is 0.0777. The van der Waals surface area contributed by atoms with E-state index in [2.05, 4.69) is 0 Å². The molecule has 2 rings (SSSR count). The molecule has 1 aliphatic heterocycles. The SMILES string of the molecule is N[C@@H]1C[C@@H]2CS(=O)(=O)C[C@H](C1)C2O. The lowest BCUT2D eigenvalue weighted by Gasteiger charge is -2.41. The first-order valence-corrected chi connectivity index (χ1v) is 6.44. The van der Waals surface area contributed by atoms with Gasteiger partial charge in [-0.25, -0.2) is 8.42 Å². The summed E-state index contributed by atoms with van der Waals surface area (Å²) in [5, 5.41) is 9.72. The number of hydrogen-bond donors (Lipinski definition) is 2. The third-order valence-corrected chi connectivity index (χ3v) is 4.99. The molecule has 76 valence electrons. The Balaban J connectivity index is 2.23. The third-order valence-electron chi connectivity index (χ3n) is 3.11. The molecule has 1 aliphatic carbocycles. The molecular weight excluding hydrogens is 190 g/mol. The Morgan fingerprint density at radius 3 is 2.08 bits per heavy atom. The van der Waals surface area contributed by atoms with Gasteiger partial charge in [-0.2, -0.15) is 0 Å². The lowest BCUT2D eigenvalue weighted by atomic mass is 9.78. The Bertz CT molecular complexity index is 279. The van der Waals surface area contributed by atoms with Crippen LogP contribution in [0.1, 0.15) is 12.8 Å². The van der Waals surface area contributed by atoms with E-state index < -0.39 is 15.9 Å². The summed E-state index contributed by atoms with van der Waals surface area (Å²) in [5.41, 5.74) is 5.77. The molecule has 0 spiro atoms. The zero-order chi connectivity index (χ0) is 9.64. The number of rotatable bonds is 0. The van der Waals surface area contributed by atoms with Crippen molar-refractivity contribution in [1.82, 2.24) is 0 Å². The van der Waals surface area contributed by atoms with Crippen molar-refractivity contribution in [2.24, 2.45) is 17.6 Å². The molecule has 0 radical (unpaired) electrons. The van der Waals surface area contributed by atoms with Crippen LogP contribution < -0.4 is 5.73 Å². The summed E-state index contributed by atoms with van der Waals surface area (Å²) in [4.78, 5) is 0. The molecular formula is C8H15NO3S.